The highest BCUT2D eigenvalue weighted by atomic mass is 16.5. The van der Waals surface area contributed by atoms with Gasteiger partial charge in [-0.1, -0.05) is 42.5 Å². The molecule has 0 bridgehead atoms. The maximum absolute atomic E-state index is 13.6. The van der Waals surface area contributed by atoms with E-state index in [9.17, 15) is 14.4 Å². The van der Waals surface area contributed by atoms with E-state index in [2.05, 4.69) is 11.6 Å². The molecule has 2 aromatic rings. The Kier molecular flexibility index (Phi) is 7.98. The molecule has 1 saturated heterocycles. The lowest BCUT2D eigenvalue weighted by Gasteiger charge is -2.30. The zero-order valence-electron chi connectivity index (χ0n) is 19.3. The van der Waals surface area contributed by atoms with Crippen LogP contribution < -0.4 is 4.74 Å². The summed E-state index contributed by atoms with van der Waals surface area (Å²) in [6.07, 6.45) is 3.70. The molecular weight excluding hydrogens is 418 g/mol. The monoisotopic (exact) mass is 449 g/mol. The minimum Gasteiger partial charge on any atom is -0.492 e. The molecule has 0 spiro atoms. The quantitative estimate of drug-likeness (QED) is 0.299. The first kappa shape index (κ1) is 24.2. The Labute approximate surface area is 195 Å². The van der Waals surface area contributed by atoms with Gasteiger partial charge < -0.3 is 9.64 Å². The van der Waals surface area contributed by atoms with Crippen molar-refractivity contribution in [3.05, 3.63) is 72.6 Å². The Morgan fingerprint density at radius 1 is 1.21 bits per heavy atom. The van der Waals surface area contributed by atoms with Gasteiger partial charge in [0, 0.05) is 38.7 Å². The SMILES string of the molecule is C=C(C)CN(CC)C(=O)CC1(c2ccccc2)CC(=O)N(CCCOc2cccnc2)C1=O. The lowest BCUT2D eigenvalue weighted by Crippen LogP contribution is -2.44. The van der Waals surface area contributed by atoms with Crippen LogP contribution >= 0.6 is 0 Å². The second-order valence-electron chi connectivity index (χ2n) is 8.41. The molecule has 0 radical (unpaired) electrons. The fourth-order valence-corrected chi connectivity index (χ4v) is 4.17. The van der Waals surface area contributed by atoms with Gasteiger partial charge in [-0.15, -0.1) is 0 Å². The predicted molar refractivity (Wildman–Crippen MR) is 125 cm³/mol. The average Bonchev–Trinajstić information content (AvgIpc) is 3.06. The van der Waals surface area contributed by atoms with E-state index in [-0.39, 0.29) is 37.1 Å². The van der Waals surface area contributed by atoms with Crippen LogP contribution in [-0.4, -0.2) is 58.7 Å². The third-order valence-corrected chi connectivity index (χ3v) is 5.81. The Balaban J connectivity index is 1.76. The molecule has 1 atom stereocenters. The van der Waals surface area contributed by atoms with E-state index in [1.54, 1.807) is 29.4 Å². The summed E-state index contributed by atoms with van der Waals surface area (Å²) < 4.78 is 5.64. The van der Waals surface area contributed by atoms with Crippen LogP contribution in [0.25, 0.3) is 0 Å². The van der Waals surface area contributed by atoms with Crippen LogP contribution in [0.15, 0.2) is 67.0 Å². The predicted octanol–water partition coefficient (Wildman–Crippen LogP) is 3.36. The fraction of sp³-hybridized carbons (Fsp3) is 0.385. The van der Waals surface area contributed by atoms with Crippen molar-refractivity contribution in [1.82, 2.24) is 14.8 Å². The van der Waals surface area contributed by atoms with Gasteiger partial charge in [0.1, 0.15) is 5.75 Å². The van der Waals surface area contributed by atoms with E-state index in [1.165, 1.54) is 4.90 Å². The van der Waals surface area contributed by atoms with Crippen molar-refractivity contribution in [3.8, 4) is 5.75 Å². The van der Waals surface area contributed by atoms with Gasteiger partial charge in [-0.3, -0.25) is 24.3 Å². The average molecular weight is 450 g/mol. The molecule has 1 aromatic carbocycles. The molecule has 174 valence electrons. The van der Waals surface area contributed by atoms with Crippen molar-refractivity contribution >= 4 is 17.7 Å². The molecule has 3 rings (SSSR count). The first-order valence-corrected chi connectivity index (χ1v) is 11.2. The Bertz CT molecular complexity index is 993. The second kappa shape index (κ2) is 10.9. The maximum atomic E-state index is 13.6. The number of pyridine rings is 1. The lowest BCUT2D eigenvalue weighted by atomic mass is 9.75. The van der Waals surface area contributed by atoms with Crippen molar-refractivity contribution in [2.45, 2.75) is 38.5 Å². The number of rotatable bonds is 11. The number of imide groups is 1. The van der Waals surface area contributed by atoms with Crippen LogP contribution in [0.1, 0.15) is 38.7 Å². The maximum Gasteiger partial charge on any atom is 0.240 e. The number of hydrogen-bond donors (Lipinski definition) is 0. The minimum absolute atomic E-state index is 0.0182. The number of aromatic nitrogens is 1. The summed E-state index contributed by atoms with van der Waals surface area (Å²) >= 11 is 0. The summed E-state index contributed by atoms with van der Waals surface area (Å²) in [5, 5.41) is 0. The van der Waals surface area contributed by atoms with Crippen molar-refractivity contribution in [2.24, 2.45) is 0 Å². The number of carbonyl (C=O) groups is 3. The molecule has 1 aliphatic rings. The van der Waals surface area contributed by atoms with Gasteiger partial charge in [0.25, 0.3) is 0 Å². The number of benzene rings is 1. The zero-order valence-corrected chi connectivity index (χ0v) is 19.3. The lowest BCUT2D eigenvalue weighted by molar-refractivity contribution is -0.142. The van der Waals surface area contributed by atoms with Crippen molar-refractivity contribution < 1.29 is 19.1 Å². The normalized spacial score (nSPS) is 17.8. The third-order valence-electron chi connectivity index (χ3n) is 5.81. The van der Waals surface area contributed by atoms with Crippen molar-refractivity contribution in [3.63, 3.8) is 0 Å². The number of amides is 3. The number of carbonyl (C=O) groups excluding carboxylic acids is 3. The van der Waals surface area contributed by atoms with Crippen molar-refractivity contribution in [1.29, 1.82) is 0 Å². The molecule has 1 aliphatic heterocycles. The van der Waals surface area contributed by atoms with Gasteiger partial charge in [0.15, 0.2) is 0 Å². The molecule has 1 unspecified atom stereocenters. The van der Waals surface area contributed by atoms with Crippen LogP contribution in [-0.2, 0) is 19.8 Å². The van der Waals surface area contributed by atoms with Gasteiger partial charge in [-0.05, 0) is 38.0 Å². The molecule has 2 heterocycles. The molecule has 0 saturated carbocycles. The molecule has 33 heavy (non-hydrogen) atoms. The zero-order chi connectivity index (χ0) is 23.8. The molecule has 0 N–H and O–H groups in total. The number of ether oxygens (including phenoxy) is 1. The highest BCUT2D eigenvalue weighted by Crippen LogP contribution is 2.40. The van der Waals surface area contributed by atoms with Gasteiger partial charge >= 0.3 is 0 Å². The highest BCUT2D eigenvalue weighted by molar-refractivity contribution is 6.10. The summed E-state index contributed by atoms with van der Waals surface area (Å²) in [7, 11) is 0. The summed E-state index contributed by atoms with van der Waals surface area (Å²) in [6.45, 7) is 9.18. The molecule has 0 aliphatic carbocycles. The minimum atomic E-state index is -1.19. The molecular formula is C26H31N3O4. The van der Waals surface area contributed by atoms with E-state index in [0.717, 1.165) is 5.57 Å². The number of likely N-dealkylation sites (tertiary alicyclic amines) is 1. The summed E-state index contributed by atoms with van der Waals surface area (Å²) in [4.78, 5) is 46.7. The van der Waals surface area contributed by atoms with Gasteiger partial charge in [0.05, 0.1) is 18.2 Å². The van der Waals surface area contributed by atoms with E-state index < -0.39 is 5.41 Å². The van der Waals surface area contributed by atoms with Crippen molar-refractivity contribution in [2.75, 3.05) is 26.2 Å². The van der Waals surface area contributed by atoms with Crippen LogP contribution in [0, 0.1) is 0 Å². The molecule has 1 aromatic heterocycles. The van der Waals surface area contributed by atoms with Crippen LogP contribution in [0.4, 0.5) is 0 Å². The Hall–Kier alpha value is -3.48. The number of nitrogens with zero attached hydrogens (tertiary/aromatic N) is 3. The van der Waals surface area contributed by atoms with Gasteiger partial charge in [0.2, 0.25) is 17.7 Å². The highest BCUT2D eigenvalue weighted by Gasteiger charge is 2.53. The molecule has 3 amide bonds. The topological polar surface area (TPSA) is 79.8 Å². The fourth-order valence-electron chi connectivity index (χ4n) is 4.17. The molecule has 7 nitrogen and oxygen atoms in total. The first-order valence-electron chi connectivity index (χ1n) is 11.2. The Morgan fingerprint density at radius 3 is 2.61 bits per heavy atom. The van der Waals surface area contributed by atoms with E-state index >= 15 is 0 Å². The number of likely N-dealkylation sites (N-methyl/N-ethyl adjacent to an activating group) is 1. The smallest absolute Gasteiger partial charge is 0.240 e. The van der Waals surface area contributed by atoms with Crippen LogP contribution in [0.3, 0.4) is 0 Å². The summed E-state index contributed by atoms with van der Waals surface area (Å²) in [6, 6.07) is 12.7. The first-order chi connectivity index (χ1) is 15.9. The van der Waals surface area contributed by atoms with E-state index in [4.69, 9.17) is 4.74 Å². The Morgan fingerprint density at radius 2 is 1.97 bits per heavy atom. The third kappa shape index (κ3) is 5.66. The molecule has 1 fully saturated rings. The van der Waals surface area contributed by atoms with Crippen LogP contribution in [0.2, 0.25) is 0 Å². The summed E-state index contributed by atoms with van der Waals surface area (Å²) in [5.74, 6) is -0.106. The van der Waals surface area contributed by atoms with Gasteiger partial charge in [-0.25, -0.2) is 0 Å². The molecule has 7 heteroatoms. The number of hydrogen-bond acceptors (Lipinski definition) is 5. The van der Waals surface area contributed by atoms with E-state index in [1.807, 2.05) is 44.2 Å². The van der Waals surface area contributed by atoms with Crippen LogP contribution in [0.5, 0.6) is 5.75 Å². The van der Waals surface area contributed by atoms with Gasteiger partial charge in [-0.2, -0.15) is 0 Å². The van der Waals surface area contributed by atoms with E-state index in [0.29, 0.717) is 37.4 Å². The summed E-state index contributed by atoms with van der Waals surface area (Å²) in [5.41, 5.74) is 0.363. The second-order valence-corrected chi connectivity index (χ2v) is 8.41. The largest absolute Gasteiger partial charge is 0.492 e. The standard InChI is InChI=1S/C26H31N3O4/c1-4-28(19-20(2)3)23(30)16-26(21-10-6-5-7-11-21)17-24(31)29(25(26)32)14-9-15-33-22-12-8-13-27-18-22/h5-8,10-13,18H,2,4,9,14-17,19H2,1,3H3.